The second-order valence-electron chi connectivity index (χ2n) is 5.68. The lowest BCUT2D eigenvalue weighted by Gasteiger charge is -2.05. The Bertz CT molecular complexity index is 727. The van der Waals surface area contributed by atoms with E-state index in [4.69, 9.17) is 9.47 Å². The van der Waals surface area contributed by atoms with Gasteiger partial charge in [0.05, 0.1) is 12.2 Å². The number of carbonyl (C=O) groups excluding carboxylic acids is 2. The van der Waals surface area contributed by atoms with Gasteiger partial charge in [0.25, 0.3) is 0 Å². The third kappa shape index (κ3) is 6.26. The largest absolute Gasteiger partial charge is 0.462 e. The van der Waals surface area contributed by atoms with Crippen LogP contribution in [0.5, 0.6) is 5.75 Å². The number of aryl methyl sites for hydroxylation is 1. The molecule has 0 radical (unpaired) electrons. The second-order valence-corrected chi connectivity index (χ2v) is 5.68. The summed E-state index contributed by atoms with van der Waals surface area (Å²) in [5, 5.41) is 0. The van der Waals surface area contributed by atoms with Crippen LogP contribution >= 0.6 is 0 Å². The predicted molar refractivity (Wildman–Crippen MR) is 97.5 cm³/mol. The van der Waals surface area contributed by atoms with Gasteiger partial charge >= 0.3 is 11.9 Å². The highest BCUT2D eigenvalue weighted by Gasteiger charge is 2.08. The minimum absolute atomic E-state index is 0.370. The zero-order chi connectivity index (χ0) is 18.1. The average molecular weight is 338 g/mol. The van der Waals surface area contributed by atoms with Crippen LogP contribution in [-0.2, 0) is 9.53 Å². The van der Waals surface area contributed by atoms with Crippen LogP contribution in [0.2, 0.25) is 0 Å². The number of esters is 2. The maximum atomic E-state index is 11.8. The highest BCUT2D eigenvalue weighted by atomic mass is 16.5. The summed E-state index contributed by atoms with van der Waals surface area (Å²) in [6, 6.07) is 14.1. The Labute approximate surface area is 148 Å². The van der Waals surface area contributed by atoms with Gasteiger partial charge in [-0.2, -0.15) is 0 Å². The van der Waals surface area contributed by atoms with Gasteiger partial charge < -0.3 is 9.47 Å². The van der Waals surface area contributed by atoms with Crippen LogP contribution in [0, 0.1) is 6.92 Å². The Morgan fingerprint density at radius 2 is 1.68 bits per heavy atom. The number of hydrogen-bond acceptors (Lipinski definition) is 4. The van der Waals surface area contributed by atoms with Gasteiger partial charge in [-0.1, -0.05) is 43.2 Å². The maximum absolute atomic E-state index is 11.8. The Balaban J connectivity index is 1.88. The van der Waals surface area contributed by atoms with Crippen LogP contribution < -0.4 is 4.74 Å². The van der Waals surface area contributed by atoms with E-state index in [1.165, 1.54) is 6.08 Å². The monoisotopic (exact) mass is 338 g/mol. The van der Waals surface area contributed by atoms with Gasteiger partial charge in [-0.15, -0.1) is 0 Å². The minimum Gasteiger partial charge on any atom is -0.462 e. The van der Waals surface area contributed by atoms with Crippen molar-refractivity contribution in [2.75, 3.05) is 6.61 Å². The van der Waals surface area contributed by atoms with E-state index in [0.29, 0.717) is 17.9 Å². The van der Waals surface area contributed by atoms with E-state index in [9.17, 15) is 9.59 Å². The average Bonchev–Trinajstić information content (AvgIpc) is 2.62. The molecule has 0 heterocycles. The molecule has 0 saturated carbocycles. The van der Waals surface area contributed by atoms with Crippen molar-refractivity contribution in [1.82, 2.24) is 0 Å². The molecule has 0 bridgehead atoms. The van der Waals surface area contributed by atoms with Gasteiger partial charge in [-0.05, 0) is 49.2 Å². The molecule has 2 rings (SSSR count). The normalized spacial score (nSPS) is 10.6. The molecule has 2 aromatic carbocycles. The van der Waals surface area contributed by atoms with Crippen molar-refractivity contribution in [3.63, 3.8) is 0 Å². The smallest absolute Gasteiger partial charge is 0.338 e. The van der Waals surface area contributed by atoms with Gasteiger partial charge in [0.15, 0.2) is 0 Å². The summed E-state index contributed by atoms with van der Waals surface area (Å²) in [5.74, 6) is -0.465. The molecule has 0 aliphatic heterocycles. The zero-order valence-corrected chi connectivity index (χ0v) is 14.5. The molecule has 0 unspecified atom stereocenters. The first-order valence-electron chi connectivity index (χ1n) is 8.32. The van der Waals surface area contributed by atoms with Gasteiger partial charge in [0.1, 0.15) is 5.75 Å². The van der Waals surface area contributed by atoms with E-state index in [2.05, 4.69) is 0 Å². The van der Waals surface area contributed by atoms with E-state index >= 15 is 0 Å². The first kappa shape index (κ1) is 18.5. The van der Waals surface area contributed by atoms with Crippen molar-refractivity contribution in [1.29, 1.82) is 0 Å². The van der Waals surface area contributed by atoms with E-state index in [1.54, 1.807) is 30.3 Å². The Morgan fingerprint density at radius 3 is 2.32 bits per heavy atom. The summed E-state index contributed by atoms with van der Waals surface area (Å²) in [4.78, 5) is 23.6. The van der Waals surface area contributed by atoms with Crippen LogP contribution in [-0.4, -0.2) is 18.5 Å². The summed E-state index contributed by atoms with van der Waals surface area (Å²) in [6.45, 7) is 4.45. The van der Waals surface area contributed by atoms with Crippen LogP contribution in [0.15, 0.2) is 54.6 Å². The molecule has 4 nitrogen and oxygen atoms in total. The van der Waals surface area contributed by atoms with Gasteiger partial charge in [0.2, 0.25) is 0 Å². The Kier molecular flexibility index (Phi) is 6.96. The summed E-state index contributed by atoms with van der Waals surface area (Å²) in [7, 11) is 0. The van der Waals surface area contributed by atoms with Crippen LogP contribution in [0.3, 0.4) is 0 Å². The van der Waals surface area contributed by atoms with Gasteiger partial charge in [-0.3, -0.25) is 0 Å². The highest BCUT2D eigenvalue weighted by Crippen LogP contribution is 2.14. The van der Waals surface area contributed by atoms with Crippen molar-refractivity contribution in [3.8, 4) is 5.75 Å². The first-order chi connectivity index (χ1) is 12.1. The van der Waals surface area contributed by atoms with E-state index in [-0.39, 0.29) is 5.97 Å². The molecule has 0 aliphatic carbocycles. The molecule has 0 saturated heterocycles. The zero-order valence-electron chi connectivity index (χ0n) is 14.5. The minimum atomic E-state index is -0.473. The Hall–Kier alpha value is -2.88. The molecule has 0 atom stereocenters. The lowest BCUT2D eigenvalue weighted by molar-refractivity contribution is -0.128. The van der Waals surface area contributed by atoms with Crippen LogP contribution in [0.25, 0.3) is 6.08 Å². The number of rotatable bonds is 7. The second kappa shape index (κ2) is 9.42. The molecule has 4 heteroatoms. The molecule has 0 fully saturated rings. The number of carbonyl (C=O) groups is 2. The van der Waals surface area contributed by atoms with Crippen molar-refractivity contribution >= 4 is 18.0 Å². The SMILES string of the molecule is CCCCOC(=O)c1ccc(OC(=O)C=Cc2ccc(C)cc2)cc1. The summed E-state index contributed by atoms with van der Waals surface area (Å²) >= 11 is 0. The van der Waals surface area contributed by atoms with Gasteiger partial charge in [0, 0.05) is 6.08 Å². The lowest BCUT2D eigenvalue weighted by atomic mass is 10.1. The fraction of sp³-hybridized carbons (Fsp3) is 0.238. The summed E-state index contributed by atoms with van der Waals surface area (Å²) in [5.41, 5.74) is 2.52. The van der Waals surface area contributed by atoms with E-state index < -0.39 is 5.97 Å². The van der Waals surface area contributed by atoms with Gasteiger partial charge in [-0.25, -0.2) is 9.59 Å². The first-order valence-corrected chi connectivity index (χ1v) is 8.32. The lowest BCUT2D eigenvalue weighted by Crippen LogP contribution is -2.07. The van der Waals surface area contributed by atoms with Crippen LogP contribution in [0.1, 0.15) is 41.3 Å². The van der Waals surface area contributed by atoms with E-state index in [1.807, 2.05) is 38.1 Å². The highest BCUT2D eigenvalue weighted by molar-refractivity contribution is 5.90. The number of unbranched alkanes of at least 4 members (excludes halogenated alkanes) is 1. The topological polar surface area (TPSA) is 52.6 Å². The van der Waals surface area contributed by atoms with Crippen molar-refractivity contribution in [3.05, 3.63) is 71.3 Å². The molecule has 25 heavy (non-hydrogen) atoms. The third-order valence-electron chi connectivity index (χ3n) is 3.53. The molecule has 0 N–H and O–H groups in total. The van der Waals surface area contributed by atoms with Crippen LogP contribution in [0.4, 0.5) is 0 Å². The molecular weight excluding hydrogens is 316 g/mol. The quantitative estimate of drug-likeness (QED) is 0.321. The molecule has 2 aromatic rings. The fourth-order valence-electron chi connectivity index (χ4n) is 2.04. The van der Waals surface area contributed by atoms with Crippen molar-refractivity contribution in [2.24, 2.45) is 0 Å². The van der Waals surface area contributed by atoms with E-state index in [0.717, 1.165) is 24.0 Å². The summed E-state index contributed by atoms with van der Waals surface area (Å²) < 4.78 is 10.3. The summed E-state index contributed by atoms with van der Waals surface area (Å²) in [6.07, 6.45) is 4.88. The fourth-order valence-corrected chi connectivity index (χ4v) is 2.04. The molecule has 0 aromatic heterocycles. The van der Waals surface area contributed by atoms with Crippen molar-refractivity contribution < 1.29 is 19.1 Å². The molecule has 0 amide bonds. The predicted octanol–water partition coefficient (Wildman–Crippen LogP) is 4.57. The third-order valence-corrected chi connectivity index (χ3v) is 3.53. The Morgan fingerprint density at radius 1 is 1.00 bits per heavy atom. The molecule has 130 valence electrons. The number of ether oxygens (including phenoxy) is 2. The number of benzene rings is 2. The molecule has 0 aliphatic rings. The standard InChI is InChI=1S/C21H22O4/c1-3-4-15-24-21(23)18-10-12-19(13-11-18)25-20(22)14-9-17-7-5-16(2)6-8-17/h5-14H,3-4,15H2,1-2H3. The molecule has 0 spiro atoms. The maximum Gasteiger partial charge on any atom is 0.338 e. The molecular formula is C21H22O4. The number of hydrogen-bond donors (Lipinski definition) is 0. The van der Waals surface area contributed by atoms with Crippen molar-refractivity contribution in [2.45, 2.75) is 26.7 Å².